The van der Waals surface area contributed by atoms with Crippen LogP contribution in [0, 0.1) is 0 Å². The van der Waals surface area contributed by atoms with E-state index in [0.29, 0.717) is 25.0 Å². The maximum atomic E-state index is 12.6. The standard InChI is InChI=1S/C13H21F3N4O/c1-4-6-7-20(8-13(14,15)16)12(21)11-10(17)9(5-2)18-19(11)3/h4-8,17H2,1-3H3. The molecule has 0 aliphatic rings. The van der Waals surface area contributed by atoms with Gasteiger partial charge in [-0.15, -0.1) is 0 Å². The number of carbonyl (C=O) groups excluding carboxylic acids is 1. The molecule has 0 aromatic carbocycles. The summed E-state index contributed by atoms with van der Waals surface area (Å²) >= 11 is 0. The van der Waals surface area contributed by atoms with E-state index in [1.54, 1.807) is 0 Å². The van der Waals surface area contributed by atoms with E-state index in [9.17, 15) is 18.0 Å². The number of hydrogen-bond acceptors (Lipinski definition) is 3. The fourth-order valence-electron chi connectivity index (χ4n) is 2.08. The van der Waals surface area contributed by atoms with E-state index in [1.165, 1.54) is 11.7 Å². The van der Waals surface area contributed by atoms with Gasteiger partial charge in [-0.25, -0.2) is 0 Å². The molecule has 21 heavy (non-hydrogen) atoms. The number of aromatic nitrogens is 2. The summed E-state index contributed by atoms with van der Waals surface area (Å²) in [6.07, 6.45) is -2.73. The lowest BCUT2D eigenvalue weighted by Gasteiger charge is -2.24. The van der Waals surface area contributed by atoms with Crippen LogP contribution in [0.5, 0.6) is 0 Å². The van der Waals surface area contributed by atoms with Crippen molar-refractivity contribution in [2.75, 3.05) is 18.8 Å². The average Bonchev–Trinajstić information content (AvgIpc) is 2.67. The highest BCUT2D eigenvalue weighted by Gasteiger charge is 2.34. The van der Waals surface area contributed by atoms with Gasteiger partial charge >= 0.3 is 6.18 Å². The van der Waals surface area contributed by atoms with Crippen molar-refractivity contribution in [3.8, 4) is 0 Å². The van der Waals surface area contributed by atoms with E-state index in [2.05, 4.69) is 5.10 Å². The number of anilines is 1. The Balaban J connectivity index is 3.07. The highest BCUT2D eigenvalue weighted by molar-refractivity contribution is 5.98. The fraction of sp³-hybridized carbons (Fsp3) is 0.692. The Kier molecular flexibility index (Phi) is 5.62. The molecule has 1 aromatic heterocycles. The van der Waals surface area contributed by atoms with Crippen LogP contribution in [0.4, 0.5) is 18.9 Å². The number of hydrogen-bond donors (Lipinski definition) is 1. The third-order valence-electron chi connectivity index (χ3n) is 3.14. The summed E-state index contributed by atoms with van der Waals surface area (Å²) in [7, 11) is 1.51. The summed E-state index contributed by atoms with van der Waals surface area (Å²) in [4.78, 5) is 13.2. The van der Waals surface area contributed by atoms with Gasteiger partial charge in [0.2, 0.25) is 0 Å². The zero-order valence-corrected chi connectivity index (χ0v) is 12.5. The first-order chi connectivity index (χ1) is 9.71. The number of rotatable bonds is 6. The minimum absolute atomic E-state index is 0.0206. The summed E-state index contributed by atoms with van der Waals surface area (Å²) < 4.78 is 39.2. The smallest absolute Gasteiger partial charge is 0.395 e. The molecule has 0 aliphatic heterocycles. The monoisotopic (exact) mass is 306 g/mol. The Bertz CT molecular complexity index is 496. The SMILES string of the molecule is CCCCN(CC(F)(F)F)C(=O)c1c(N)c(CC)nn1C. The van der Waals surface area contributed by atoms with E-state index in [0.717, 1.165) is 4.90 Å². The molecular weight excluding hydrogens is 285 g/mol. The van der Waals surface area contributed by atoms with Crippen molar-refractivity contribution in [2.24, 2.45) is 7.05 Å². The van der Waals surface area contributed by atoms with Crippen LogP contribution >= 0.6 is 0 Å². The molecule has 0 fully saturated rings. The number of unbranched alkanes of at least 4 members (excludes halogenated alkanes) is 1. The third-order valence-corrected chi connectivity index (χ3v) is 3.14. The summed E-state index contributed by atoms with van der Waals surface area (Å²) in [6, 6.07) is 0. The molecule has 0 saturated carbocycles. The molecule has 1 amide bonds. The Morgan fingerprint density at radius 1 is 1.38 bits per heavy atom. The molecule has 1 aromatic rings. The lowest BCUT2D eigenvalue weighted by molar-refractivity contribution is -0.140. The van der Waals surface area contributed by atoms with Gasteiger partial charge in [0.25, 0.3) is 5.91 Å². The highest BCUT2D eigenvalue weighted by Crippen LogP contribution is 2.22. The number of carbonyl (C=O) groups is 1. The van der Waals surface area contributed by atoms with E-state index in [4.69, 9.17) is 5.73 Å². The zero-order valence-electron chi connectivity index (χ0n) is 12.5. The van der Waals surface area contributed by atoms with Crippen LogP contribution in [-0.4, -0.2) is 39.9 Å². The van der Waals surface area contributed by atoms with Gasteiger partial charge in [-0.05, 0) is 12.8 Å². The Hall–Kier alpha value is -1.73. The molecule has 5 nitrogen and oxygen atoms in total. The first-order valence-electron chi connectivity index (χ1n) is 6.88. The number of aryl methyl sites for hydroxylation is 2. The number of nitrogen functional groups attached to an aromatic ring is 1. The molecule has 0 saturated heterocycles. The van der Waals surface area contributed by atoms with Crippen molar-refractivity contribution in [1.29, 1.82) is 0 Å². The number of halogens is 3. The maximum Gasteiger partial charge on any atom is 0.406 e. The molecule has 0 aliphatic carbocycles. The molecule has 1 heterocycles. The molecule has 0 atom stereocenters. The molecule has 0 bridgehead atoms. The molecule has 120 valence electrons. The lowest BCUT2D eigenvalue weighted by Crippen LogP contribution is -2.40. The summed E-state index contributed by atoms with van der Waals surface area (Å²) in [5.74, 6) is -0.729. The molecule has 0 unspecified atom stereocenters. The van der Waals surface area contributed by atoms with Crippen LogP contribution in [0.2, 0.25) is 0 Å². The molecule has 1 rings (SSSR count). The molecule has 0 radical (unpaired) electrons. The van der Waals surface area contributed by atoms with Crippen LogP contribution in [0.25, 0.3) is 0 Å². The van der Waals surface area contributed by atoms with Gasteiger partial charge in [-0.2, -0.15) is 18.3 Å². The third kappa shape index (κ3) is 4.37. The van der Waals surface area contributed by atoms with Crippen LogP contribution < -0.4 is 5.73 Å². The van der Waals surface area contributed by atoms with Crippen molar-refractivity contribution in [3.05, 3.63) is 11.4 Å². The summed E-state index contributed by atoms with van der Waals surface area (Å²) in [5.41, 5.74) is 6.53. The molecular formula is C13H21F3N4O. The average molecular weight is 306 g/mol. The van der Waals surface area contributed by atoms with Gasteiger partial charge in [0.15, 0.2) is 0 Å². The molecule has 0 spiro atoms. The second-order valence-electron chi connectivity index (χ2n) is 4.88. The summed E-state index contributed by atoms with van der Waals surface area (Å²) in [5, 5.41) is 4.07. The van der Waals surface area contributed by atoms with Crippen molar-refractivity contribution in [3.63, 3.8) is 0 Å². The van der Waals surface area contributed by atoms with E-state index >= 15 is 0 Å². The predicted molar refractivity (Wildman–Crippen MR) is 73.9 cm³/mol. The Morgan fingerprint density at radius 3 is 2.43 bits per heavy atom. The van der Waals surface area contributed by atoms with E-state index in [1.807, 2.05) is 13.8 Å². The van der Waals surface area contributed by atoms with E-state index in [-0.39, 0.29) is 17.9 Å². The second kappa shape index (κ2) is 6.82. The van der Waals surface area contributed by atoms with Crippen molar-refractivity contribution >= 4 is 11.6 Å². The van der Waals surface area contributed by atoms with Crippen LogP contribution in [0.15, 0.2) is 0 Å². The quantitative estimate of drug-likeness (QED) is 0.877. The van der Waals surface area contributed by atoms with Crippen molar-refractivity contribution in [1.82, 2.24) is 14.7 Å². The Morgan fingerprint density at radius 2 is 2.00 bits per heavy atom. The van der Waals surface area contributed by atoms with Crippen LogP contribution in [0.3, 0.4) is 0 Å². The number of amides is 1. The number of alkyl halides is 3. The van der Waals surface area contributed by atoms with Crippen molar-refractivity contribution in [2.45, 2.75) is 39.3 Å². The first kappa shape index (κ1) is 17.3. The second-order valence-corrected chi connectivity index (χ2v) is 4.88. The minimum Gasteiger partial charge on any atom is -0.395 e. The minimum atomic E-state index is -4.44. The van der Waals surface area contributed by atoms with Gasteiger partial charge in [0, 0.05) is 13.6 Å². The van der Waals surface area contributed by atoms with Crippen molar-refractivity contribution < 1.29 is 18.0 Å². The highest BCUT2D eigenvalue weighted by atomic mass is 19.4. The van der Waals surface area contributed by atoms with Gasteiger partial charge in [0.1, 0.15) is 12.2 Å². The topological polar surface area (TPSA) is 64.2 Å². The largest absolute Gasteiger partial charge is 0.406 e. The van der Waals surface area contributed by atoms with Crippen LogP contribution in [0.1, 0.15) is 42.9 Å². The number of nitrogens with two attached hydrogens (primary N) is 1. The van der Waals surface area contributed by atoms with E-state index < -0.39 is 18.6 Å². The molecule has 8 heteroatoms. The van der Waals surface area contributed by atoms with Crippen LogP contribution in [-0.2, 0) is 13.5 Å². The zero-order chi connectivity index (χ0) is 16.2. The number of nitrogens with zero attached hydrogens (tertiary/aromatic N) is 3. The lowest BCUT2D eigenvalue weighted by atomic mass is 10.2. The molecule has 2 N–H and O–H groups in total. The normalized spacial score (nSPS) is 11.7. The summed E-state index contributed by atoms with van der Waals surface area (Å²) in [6.45, 7) is 2.43. The first-order valence-corrected chi connectivity index (χ1v) is 6.88. The van der Waals surface area contributed by atoms with Gasteiger partial charge in [0.05, 0.1) is 11.4 Å². The van der Waals surface area contributed by atoms with Gasteiger partial charge in [-0.1, -0.05) is 20.3 Å². The van der Waals surface area contributed by atoms with Gasteiger partial charge in [-0.3, -0.25) is 9.48 Å². The maximum absolute atomic E-state index is 12.6. The fourth-order valence-corrected chi connectivity index (χ4v) is 2.08. The van der Waals surface area contributed by atoms with Gasteiger partial charge < -0.3 is 10.6 Å². The Labute approximate surface area is 121 Å². The predicted octanol–water partition coefficient (Wildman–Crippen LogP) is 2.37.